The number of hydrogen-bond donors (Lipinski definition) is 1. The summed E-state index contributed by atoms with van der Waals surface area (Å²) >= 11 is 0. The molecule has 0 aromatic heterocycles. The van der Waals surface area contributed by atoms with Crippen LogP contribution < -0.4 is 9.47 Å². The Morgan fingerprint density at radius 3 is 2.78 bits per heavy atom. The predicted molar refractivity (Wildman–Crippen MR) is 67.8 cm³/mol. The number of nitrogens with zero attached hydrogens (tertiary/aromatic N) is 3. The predicted octanol–water partition coefficient (Wildman–Crippen LogP) is 2.83. The molecular weight excluding hydrogens is 234 g/mol. The molecule has 0 radical (unpaired) electrons. The van der Waals surface area contributed by atoms with Crippen molar-refractivity contribution in [1.82, 2.24) is 0 Å². The highest BCUT2D eigenvalue weighted by molar-refractivity contribution is 5.41. The van der Waals surface area contributed by atoms with E-state index >= 15 is 0 Å². The summed E-state index contributed by atoms with van der Waals surface area (Å²) in [6, 6.07) is 5.27. The van der Waals surface area contributed by atoms with Gasteiger partial charge in [0.25, 0.3) is 0 Å². The first kappa shape index (κ1) is 14.2. The summed E-state index contributed by atoms with van der Waals surface area (Å²) in [5, 5.41) is 13.5. The number of aliphatic hydroxyl groups is 1. The molecule has 0 aliphatic rings. The SMILES string of the molecule is COc1ccc(C(O)CCCN=[N+]=[N-])c(OC)c1. The lowest BCUT2D eigenvalue weighted by molar-refractivity contribution is 0.161. The molecule has 98 valence electrons. The van der Waals surface area contributed by atoms with Gasteiger partial charge in [0.2, 0.25) is 0 Å². The van der Waals surface area contributed by atoms with E-state index in [1.54, 1.807) is 32.4 Å². The third-order valence-corrected chi connectivity index (χ3v) is 2.60. The molecule has 0 fully saturated rings. The summed E-state index contributed by atoms with van der Waals surface area (Å²) < 4.78 is 10.3. The summed E-state index contributed by atoms with van der Waals surface area (Å²) in [6.45, 7) is 0.381. The van der Waals surface area contributed by atoms with Crippen LogP contribution >= 0.6 is 0 Å². The van der Waals surface area contributed by atoms with Crippen LogP contribution in [0.2, 0.25) is 0 Å². The standard InChI is InChI=1S/C12H17N3O3/c1-17-9-5-6-10(12(8-9)18-2)11(16)4-3-7-14-15-13/h5-6,8,11,16H,3-4,7H2,1-2H3. The first-order valence-electron chi connectivity index (χ1n) is 5.63. The summed E-state index contributed by atoms with van der Waals surface area (Å²) in [5.41, 5.74) is 8.86. The molecule has 6 nitrogen and oxygen atoms in total. The first-order valence-corrected chi connectivity index (χ1v) is 5.63. The van der Waals surface area contributed by atoms with E-state index in [9.17, 15) is 5.11 Å². The van der Waals surface area contributed by atoms with E-state index in [1.807, 2.05) is 0 Å². The monoisotopic (exact) mass is 251 g/mol. The van der Waals surface area contributed by atoms with Crippen molar-refractivity contribution in [3.63, 3.8) is 0 Å². The van der Waals surface area contributed by atoms with Gasteiger partial charge in [-0.2, -0.15) is 0 Å². The Kier molecular flexibility index (Phi) is 5.84. The molecule has 1 N–H and O–H groups in total. The summed E-state index contributed by atoms with van der Waals surface area (Å²) in [4.78, 5) is 2.66. The minimum Gasteiger partial charge on any atom is -0.497 e. The summed E-state index contributed by atoms with van der Waals surface area (Å²) in [7, 11) is 3.12. The lowest BCUT2D eigenvalue weighted by Gasteiger charge is -2.15. The normalized spacial score (nSPS) is 11.5. The van der Waals surface area contributed by atoms with Crippen LogP contribution in [0.5, 0.6) is 11.5 Å². The van der Waals surface area contributed by atoms with Crippen molar-refractivity contribution >= 4 is 0 Å². The Morgan fingerprint density at radius 1 is 1.39 bits per heavy atom. The molecule has 0 amide bonds. The van der Waals surface area contributed by atoms with Gasteiger partial charge in [-0.05, 0) is 30.5 Å². The lowest BCUT2D eigenvalue weighted by atomic mass is 10.0. The van der Waals surface area contributed by atoms with E-state index in [0.29, 0.717) is 36.4 Å². The molecule has 6 heteroatoms. The summed E-state index contributed by atoms with van der Waals surface area (Å²) in [5.74, 6) is 1.27. The van der Waals surface area contributed by atoms with Crippen molar-refractivity contribution < 1.29 is 14.6 Å². The van der Waals surface area contributed by atoms with Gasteiger partial charge in [0.05, 0.1) is 20.3 Å². The van der Waals surface area contributed by atoms with Crippen LogP contribution in [0, 0.1) is 0 Å². The van der Waals surface area contributed by atoms with Gasteiger partial charge < -0.3 is 14.6 Å². The first-order chi connectivity index (χ1) is 8.72. The third kappa shape index (κ3) is 3.84. The Bertz CT molecular complexity index is 431. The average molecular weight is 251 g/mol. The smallest absolute Gasteiger partial charge is 0.128 e. The number of azide groups is 1. The maximum absolute atomic E-state index is 10.0. The molecule has 0 heterocycles. The number of aliphatic hydroxyl groups excluding tert-OH is 1. The maximum Gasteiger partial charge on any atom is 0.128 e. The van der Waals surface area contributed by atoms with Gasteiger partial charge in [0.15, 0.2) is 0 Å². The van der Waals surface area contributed by atoms with E-state index in [-0.39, 0.29) is 0 Å². The Morgan fingerprint density at radius 2 is 2.17 bits per heavy atom. The lowest BCUT2D eigenvalue weighted by Crippen LogP contribution is -2.02. The van der Waals surface area contributed by atoms with Crippen LogP contribution in [0.25, 0.3) is 10.4 Å². The number of hydrogen-bond acceptors (Lipinski definition) is 4. The fourth-order valence-corrected chi connectivity index (χ4v) is 1.65. The molecule has 18 heavy (non-hydrogen) atoms. The maximum atomic E-state index is 10.0. The topological polar surface area (TPSA) is 87.5 Å². The fraction of sp³-hybridized carbons (Fsp3) is 0.500. The largest absolute Gasteiger partial charge is 0.497 e. The molecule has 1 aromatic rings. The van der Waals surface area contributed by atoms with Gasteiger partial charge >= 0.3 is 0 Å². The van der Waals surface area contributed by atoms with Crippen LogP contribution in [-0.4, -0.2) is 25.9 Å². The Labute approximate surface area is 106 Å². The number of methoxy groups -OCH3 is 2. The van der Waals surface area contributed by atoms with Gasteiger partial charge in [-0.1, -0.05) is 5.11 Å². The van der Waals surface area contributed by atoms with Crippen LogP contribution in [0.1, 0.15) is 24.5 Å². The number of rotatable bonds is 7. The zero-order valence-corrected chi connectivity index (χ0v) is 10.5. The highest BCUT2D eigenvalue weighted by Crippen LogP contribution is 2.31. The molecule has 0 bridgehead atoms. The molecule has 0 spiro atoms. The molecule has 0 aliphatic carbocycles. The van der Waals surface area contributed by atoms with E-state index in [4.69, 9.17) is 15.0 Å². The molecule has 0 saturated heterocycles. The van der Waals surface area contributed by atoms with Crippen molar-refractivity contribution in [3.8, 4) is 11.5 Å². The molecular formula is C12H17N3O3. The minimum absolute atomic E-state index is 0.381. The molecule has 0 aliphatic heterocycles. The Hall–Kier alpha value is -1.91. The van der Waals surface area contributed by atoms with Crippen LogP contribution in [0.15, 0.2) is 23.3 Å². The van der Waals surface area contributed by atoms with E-state index in [2.05, 4.69) is 10.0 Å². The van der Waals surface area contributed by atoms with Crippen molar-refractivity contribution in [2.24, 2.45) is 5.11 Å². The second-order valence-electron chi connectivity index (χ2n) is 3.72. The average Bonchev–Trinajstić information content (AvgIpc) is 2.42. The Balaban J connectivity index is 2.71. The third-order valence-electron chi connectivity index (χ3n) is 2.60. The molecule has 1 atom stereocenters. The second-order valence-corrected chi connectivity index (χ2v) is 3.72. The highest BCUT2D eigenvalue weighted by atomic mass is 16.5. The number of benzene rings is 1. The second kappa shape index (κ2) is 7.42. The highest BCUT2D eigenvalue weighted by Gasteiger charge is 2.13. The molecule has 1 aromatic carbocycles. The van der Waals surface area contributed by atoms with Crippen molar-refractivity contribution in [3.05, 3.63) is 34.2 Å². The van der Waals surface area contributed by atoms with Gasteiger partial charge in [-0.3, -0.25) is 0 Å². The molecule has 0 saturated carbocycles. The van der Waals surface area contributed by atoms with Gasteiger partial charge in [0, 0.05) is 23.1 Å². The zero-order valence-electron chi connectivity index (χ0n) is 10.5. The van der Waals surface area contributed by atoms with Crippen LogP contribution in [0.4, 0.5) is 0 Å². The van der Waals surface area contributed by atoms with Crippen molar-refractivity contribution in [1.29, 1.82) is 0 Å². The van der Waals surface area contributed by atoms with Gasteiger partial charge in [-0.25, -0.2) is 0 Å². The van der Waals surface area contributed by atoms with Gasteiger partial charge in [-0.15, -0.1) is 0 Å². The minimum atomic E-state index is -0.639. The van der Waals surface area contributed by atoms with Crippen LogP contribution in [-0.2, 0) is 0 Å². The zero-order chi connectivity index (χ0) is 13.4. The van der Waals surface area contributed by atoms with E-state index < -0.39 is 6.10 Å². The number of ether oxygens (including phenoxy) is 2. The van der Waals surface area contributed by atoms with Crippen LogP contribution in [0.3, 0.4) is 0 Å². The van der Waals surface area contributed by atoms with Gasteiger partial charge in [0.1, 0.15) is 11.5 Å². The molecule has 1 unspecified atom stereocenters. The van der Waals surface area contributed by atoms with Crippen molar-refractivity contribution in [2.75, 3.05) is 20.8 Å². The van der Waals surface area contributed by atoms with E-state index in [1.165, 1.54) is 0 Å². The quantitative estimate of drug-likeness (QED) is 0.350. The van der Waals surface area contributed by atoms with E-state index in [0.717, 1.165) is 0 Å². The van der Waals surface area contributed by atoms with Crippen molar-refractivity contribution in [2.45, 2.75) is 18.9 Å². The molecule has 1 rings (SSSR count). The summed E-state index contributed by atoms with van der Waals surface area (Å²) in [6.07, 6.45) is 0.502. The fourth-order valence-electron chi connectivity index (χ4n) is 1.65.